The molecule has 5 saturated carbocycles. The van der Waals surface area contributed by atoms with Crippen LogP contribution in [0, 0.1) is 46.3 Å². The number of rotatable bonds is 7. The molecule has 2 N–H and O–H groups in total. The van der Waals surface area contributed by atoms with Gasteiger partial charge in [-0.3, -0.25) is 0 Å². The number of sulfone groups is 1. The summed E-state index contributed by atoms with van der Waals surface area (Å²) in [6.07, 6.45) is 13.4. The third-order valence-electron chi connectivity index (χ3n) is 14.5. The van der Waals surface area contributed by atoms with Crippen molar-refractivity contribution in [1.82, 2.24) is 0 Å². The molecule has 0 amide bonds. The lowest BCUT2D eigenvalue weighted by molar-refractivity contribution is -0.148. The van der Waals surface area contributed by atoms with E-state index in [-0.39, 0.29) is 17.4 Å². The second kappa shape index (κ2) is 11.4. The molecule has 10 atom stereocenters. The summed E-state index contributed by atoms with van der Waals surface area (Å²) in [5, 5.41) is 22.1. The lowest BCUT2D eigenvalue weighted by atomic mass is 9.43. The van der Waals surface area contributed by atoms with Crippen molar-refractivity contribution < 1.29 is 23.4 Å². The summed E-state index contributed by atoms with van der Waals surface area (Å²) >= 11 is 0. The van der Waals surface area contributed by atoms with Crippen LogP contribution in [0.2, 0.25) is 0 Å². The lowest BCUT2D eigenvalue weighted by Crippen LogP contribution is -2.56. The van der Waals surface area contributed by atoms with E-state index in [1.54, 1.807) is 19.2 Å². The fourth-order valence-corrected chi connectivity index (χ4v) is 14.1. The number of benzene rings is 1. The van der Waals surface area contributed by atoms with Crippen molar-refractivity contribution in [3.63, 3.8) is 0 Å². The Morgan fingerprint density at radius 1 is 0.837 bits per heavy atom. The molecule has 0 saturated heterocycles. The van der Waals surface area contributed by atoms with E-state index in [0.29, 0.717) is 53.2 Å². The van der Waals surface area contributed by atoms with Crippen LogP contribution in [0.3, 0.4) is 0 Å². The van der Waals surface area contributed by atoms with Gasteiger partial charge in [0.1, 0.15) is 0 Å². The minimum Gasteiger partial charge on any atom is -0.390 e. The number of aliphatic hydroxyl groups is 2. The second-order valence-corrected chi connectivity index (χ2v) is 18.9. The zero-order valence-electron chi connectivity index (χ0n) is 27.4. The topological polar surface area (TPSA) is 83.8 Å². The molecule has 6 heteroatoms. The lowest BCUT2D eigenvalue weighted by Gasteiger charge is -2.62. The van der Waals surface area contributed by atoms with Crippen LogP contribution in [0.5, 0.6) is 0 Å². The predicted molar refractivity (Wildman–Crippen MR) is 171 cm³/mol. The van der Waals surface area contributed by atoms with E-state index in [2.05, 4.69) is 20.8 Å². The third kappa shape index (κ3) is 5.57. The van der Waals surface area contributed by atoms with Crippen molar-refractivity contribution in [2.24, 2.45) is 46.3 Å². The van der Waals surface area contributed by atoms with Gasteiger partial charge in [-0.15, -0.1) is 0 Å². The Hall–Kier alpha value is -0.950. The van der Waals surface area contributed by atoms with Crippen molar-refractivity contribution in [2.75, 3.05) is 7.11 Å². The quantitative estimate of drug-likeness (QED) is 0.331. The van der Waals surface area contributed by atoms with E-state index in [1.165, 1.54) is 32.1 Å². The first-order valence-electron chi connectivity index (χ1n) is 17.5. The van der Waals surface area contributed by atoms with Crippen LogP contribution in [0.1, 0.15) is 118 Å². The van der Waals surface area contributed by atoms with Gasteiger partial charge in [-0.25, -0.2) is 8.42 Å². The Morgan fingerprint density at radius 2 is 1.51 bits per heavy atom. The van der Waals surface area contributed by atoms with E-state index >= 15 is 0 Å². The first-order valence-corrected chi connectivity index (χ1v) is 19.0. The van der Waals surface area contributed by atoms with Gasteiger partial charge < -0.3 is 14.9 Å². The monoisotopic (exact) mass is 614 g/mol. The third-order valence-corrected chi connectivity index (χ3v) is 16.8. The highest BCUT2D eigenvalue weighted by molar-refractivity contribution is 7.92. The van der Waals surface area contributed by atoms with E-state index in [9.17, 15) is 18.6 Å². The Bertz CT molecular complexity index is 1240. The maximum atomic E-state index is 14.5. The van der Waals surface area contributed by atoms with Gasteiger partial charge in [-0.1, -0.05) is 39.0 Å². The minimum absolute atomic E-state index is 0.0300. The summed E-state index contributed by atoms with van der Waals surface area (Å²) in [5.41, 5.74) is -1.04. The molecule has 5 nitrogen and oxygen atoms in total. The van der Waals surface area contributed by atoms with Crippen LogP contribution < -0.4 is 0 Å². The highest BCUT2D eigenvalue weighted by Crippen LogP contribution is 2.69. The maximum absolute atomic E-state index is 14.5. The molecule has 0 spiro atoms. The molecule has 242 valence electrons. The van der Waals surface area contributed by atoms with Crippen molar-refractivity contribution in [3.05, 3.63) is 30.3 Å². The van der Waals surface area contributed by atoms with Crippen LogP contribution in [-0.2, 0) is 14.6 Å². The van der Waals surface area contributed by atoms with Gasteiger partial charge in [-0.05, 0) is 155 Å². The molecule has 0 heterocycles. The molecular weight excluding hydrogens is 556 g/mol. The molecule has 5 fully saturated rings. The highest BCUT2D eigenvalue weighted by atomic mass is 32.2. The van der Waals surface area contributed by atoms with Gasteiger partial charge in [0.2, 0.25) is 0 Å². The van der Waals surface area contributed by atoms with Gasteiger partial charge in [0.15, 0.2) is 9.84 Å². The van der Waals surface area contributed by atoms with E-state index in [4.69, 9.17) is 4.74 Å². The maximum Gasteiger partial charge on any atom is 0.181 e. The summed E-state index contributed by atoms with van der Waals surface area (Å²) in [6.45, 7) is 9.30. The Labute approximate surface area is 261 Å². The molecule has 0 bridgehead atoms. The summed E-state index contributed by atoms with van der Waals surface area (Å²) < 4.78 is 34.5. The summed E-state index contributed by atoms with van der Waals surface area (Å²) in [6, 6.07) is 9.00. The zero-order chi connectivity index (χ0) is 30.8. The van der Waals surface area contributed by atoms with Crippen LogP contribution in [0.25, 0.3) is 0 Å². The number of hydrogen-bond acceptors (Lipinski definition) is 5. The molecule has 43 heavy (non-hydrogen) atoms. The van der Waals surface area contributed by atoms with E-state index < -0.39 is 26.3 Å². The molecule has 6 rings (SSSR count). The SMILES string of the molecule is COC1CCC(O)(CC([C@@H](C)[C@H]2CC[C@H]3[C@@H]4CC[C@H]5C[C@@](C)(O)CC[C@]5(C)[C@H]4CC[C@]23C)S(=O)(=O)c2ccccc2)CC1. The van der Waals surface area contributed by atoms with Crippen LogP contribution in [-0.4, -0.2) is 48.3 Å². The Balaban J connectivity index is 1.27. The molecule has 0 radical (unpaired) electrons. The van der Waals surface area contributed by atoms with Gasteiger partial charge >= 0.3 is 0 Å². The highest BCUT2D eigenvalue weighted by Gasteiger charge is 2.62. The van der Waals surface area contributed by atoms with Crippen LogP contribution in [0.4, 0.5) is 0 Å². The van der Waals surface area contributed by atoms with Crippen molar-refractivity contribution >= 4 is 9.84 Å². The molecule has 0 aliphatic heterocycles. The molecule has 1 unspecified atom stereocenters. The number of hydrogen-bond donors (Lipinski definition) is 2. The smallest absolute Gasteiger partial charge is 0.181 e. The molecule has 1 aromatic rings. The second-order valence-electron chi connectivity index (χ2n) is 16.7. The Kier molecular flexibility index (Phi) is 8.47. The number of methoxy groups -OCH3 is 1. The van der Waals surface area contributed by atoms with Crippen LogP contribution >= 0.6 is 0 Å². The average molecular weight is 615 g/mol. The molecular formula is C37H58O5S. The first-order chi connectivity index (χ1) is 20.2. The predicted octanol–water partition coefficient (Wildman–Crippen LogP) is 7.59. The fraction of sp³-hybridized carbons (Fsp3) is 0.838. The van der Waals surface area contributed by atoms with Gasteiger partial charge in [0.25, 0.3) is 0 Å². The average Bonchev–Trinajstić information content (AvgIpc) is 3.34. The van der Waals surface area contributed by atoms with Crippen molar-refractivity contribution in [1.29, 1.82) is 0 Å². The fourth-order valence-electron chi connectivity index (χ4n) is 11.9. The van der Waals surface area contributed by atoms with E-state index in [0.717, 1.165) is 44.4 Å². The molecule has 5 aliphatic carbocycles. The molecule has 5 aliphatic rings. The van der Waals surface area contributed by atoms with Gasteiger partial charge in [-0.2, -0.15) is 0 Å². The minimum atomic E-state index is -3.63. The standard InChI is InChI=1S/C37H58O5S/c1-25(33(43(40,41)28-9-7-6-8-10-28)24-37(39)19-15-27(42-5)16-20-37)30-13-14-31-29-12-11-26-23-34(2,38)21-22-35(26,3)32(29)17-18-36(30,31)4/h6-10,25-27,29-33,38-39H,11-24H2,1-5H3/t25-,26-,27?,29-,30+,31-,32-,33?,34-,35-,36+,37?/m0/s1. The van der Waals surface area contributed by atoms with Crippen LogP contribution in [0.15, 0.2) is 35.2 Å². The summed E-state index contributed by atoms with van der Waals surface area (Å²) in [4.78, 5) is 0.392. The summed E-state index contributed by atoms with van der Waals surface area (Å²) in [5.74, 6) is 2.98. The normalized spacial score (nSPS) is 46.3. The first kappa shape index (κ1) is 32.0. The van der Waals surface area contributed by atoms with Gasteiger partial charge in [0, 0.05) is 7.11 Å². The number of fused-ring (bicyclic) bond motifs is 5. The Morgan fingerprint density at radius 3 is 2.19 bits per heavy atom. The zero-order valence-corrected chi connectivity index (χ0v) is 28.2. The molecule has 1 aromatic carbocycles. The number of ether oxygens (including phenoxy) is 1. The van der Waals surface area contributed by atoms with Crippen molar-refractivity contribution in [2.45, 2.75) is 145 Å². The van der Waals surface area contributed by atoms with Crippen molar-refractivity contribution in [3.8, 4) is 0 Å². The van der Waals surface area contributed by atoms with E-state index in [1.807, 2.05) is 25.1 Å². The largest absolute Gasteiger partial charge is 0.390 e. The van der Waals surface area contributed by atoms with Gasteiger partial charge in [0.05, 0.1) is 27.5 Å². The molecule has 0 aromatic heterocycles. The summed E-state index contributed by atoms with van der Waals surface area (Å²) in [7, 11) is -1.90.